The highest BCUT2D eigenvalue weighted by atomic mass is 16.3. The zero-order valence-corrected chi connectivity index (χ0v) is 19.5. The molecule has 0 radical (unpaired) electrons. The number of carbonyl (C=O) groups excluding carboxylic acids is 2. The minimum atomic E-state index is -0.272. The molecule has 0 fully saturated rings. The molecule has 1 aliphatic heterocycles. The Morgan fingerprint density at radius 3 is 2.81 bits per heavy atom. The number of rotatable bonds is 5. The van der Waals surface area contributed by atoms with Crippen molar-refractivity contribution in [2.75, 3.05) is 16.8 Å². The Hall–Kier alpha value is -4.79. The summed E-state index contributed by atoms with van der Waals surface area (Å²) in [7, 11) is 0. The molecule has 4 aromatic heterocycles. The van der Waals surface area contributed by atoms with E-state index in [0.717, 1.165) is 29.0 Å². The van der Waals surface area contributed by atoms with Crippen molar-refractivity contribution < 1.29 is 14.0 Å². The zero-order valence-electron chi connectivity index (χ0n) is 19.5. The molecule has 2 amide bonds. The van der Waals surface area contributed by atoms with Crippen molar-refractivity contribution in [1.82, 2.24) is 19.7 Å². The Kier molecular flexibility index (Phi) is 5.29. The second kappa shape index (κ2) is 8.77. The molecule has 0 bridgehead atoms. The number of carbonyl (C=O) groups is 2. The van der Waals surface area contributed by atoms with Crippen LogP contribution in [0.4, 0.5) is 11.4 Å². The molecular formula is C27H22N6O3. The number of benzene rings is 1. The standard InChI is InChI=1S/C27H22N6O3/c1-17(34)32-10-8-18-12-20(6-7-25(18)32)30-27(35)22-13-24(19-4-2-9-28-14-19)31-26-23(22)15-29-33(26)16-21-5-3-11-36-21/h2-7,9,11-15H,8,10,16H2,1H3,(H,30,35). The molecule has 0 unspecified atom stereocenters. The van der Waals surface area contributed by atoms with Crippen molar-refractivity contribution in [2.24, 2.45) is 0 Å². The quantitative estimate of drug-likeness (QED) is 0.404. The number of amides is 2. The molecule has 9 heteroatoms. The number of fused-ring (bicyclic) bond motifs is 2. The Bertz CT molecular complexity index is 1590. The van der Waals surface area contributed by atoms with Crippen LogP contribution in [-0.2, 0) is 17.8 Å². The maximum Gasteiger partial charge on any atom is 0.256 e. The number of pyridine rings is 2. The SMILES string of the molecule is CC(=O)N1CCc2cc(NC(=O)c3cc(-c4cccnc4)nc4c3cnn4Cc3ccco3)ccc21. The lowest BCUT2D eigenvalue weighted by Crippen LogP contribution is -2.25. The molecule has 36 heavy (non-hydrogen) atoms. The van der Waals surface area contributed by atoms with E-state index in [0.29, 0.717) is 41.1 Å². The van der Waals surface area contributed by atoms with Crippen molar-refractivity contribution in [1.29, 1.82) is 0 Å². The van der Waals surface area contributed by atoms with E-state index in [1.54, 1.807) is 47.4 Å². The van der Waals surface area contributed by atoms with Crippen LogP contribution in [0.1, 0.15) is 28.6 Å². The zero-order chi connectivity index (χ0) is 24.6. The molecule has 0 spiro atoms. The summed E-state index contributed by atoms with van der Waals surface area (Å²) in [5.41, 5.74) is 5.03. The largest absolute Gasteiger partial charge is 0.467 e. The van der Waals surface area contributed by atoms with E-state index in [4.69, 9.17) is 9.40 Å². The van der Waals surface area contributed by atoms with Gasteiger partial charge < -0.3 is 14.6 Å². The molecule has 1 aliphatic rings. The highest BCUT2D eigenvalue weighted by Crippen LogP contribution is 2.31. The topological polar surface area (TPSA) is 106 Å². The average Bonchev–Trinajstić information content (AvgIpc) is 3.64. The summed E-state index contributed by atoms with van der Waals surface area (Å²) in [6.07, 6.45) is 7.42. The van der Waals surface area contributed by atoms with Gasteiger partial charge >= 0.3 is 0 Å². The molecule has 0 atom stereocenters. The summed E-state index contributed by atoms with van der Waals surface area (Å²) in [5, 5.41) is 8.14. The molecule has 0 saturated carbocycles. The molecule has 9 nitrogen and oxygen atoms in total. The van der Waals surface area contributed by atoms with E-state index in [2.05, 4.69) is 15.4 Å². The number of hydrogen-bond donors (Lipinski definition) is 1. The van der Waals surface area contributed by atoms with Crippen molar-refractivity contribution in [3.63, 3.8) is 0 Å². The van der Waals surface area contributed by atoms with Gasteiger partial charge in [0.25, 0.3) is 5.91 Å². The van der Waals surface area contributed by atoms with Gasteiger partial charge in [-0.05, 0) is 60.5 Å². The summed E-state index contributed by atoms with van der Waals surface area (Å²) in [5.74, 6) is 0.475. The summed E-state index contributed by atoms with van der Waals surface area (Å²) in [6, 6.07) is 14.8. The third-order valence-electron chi connectivity index (χ3n) is 6.31. The van der Waals surface area contributed by atoms with Crippen LogP contribution in [-0.4, -0.2) is 38.1 Å². The van der Waals surface area contributed by atoms with Crippen LogP contribution in [0.5, 0.6) is 0 Å². The lowest BCUT2D eigenvalue weighted by molar-refractivity contribution is -0.116. The van der Waals surface area contributed by atoms with Gasteiger partial charge in [0, 0.05) is 42.8 Å². The van der Waals surface area contributed by atoms with E-state index in [1.807, 2.05) is 42.5 Å². The Morgan fingerprint density at radius 2 is 2.03 bits per heavy atom. The van der Waals surface area contributed by atoms with Gasteiger partial charge in [0.2, 0.25) is 5.91 Å². The van der Waals surface area contributed by atoms with Crippen LogP contribution in [0.15, 0.2) is 77.8 Å². The minimum Gasteiger partial charge on any atom is -0.467 e. The molecule has 1 aromatic carbocycles. The summed E-state index contributed by atoms with van der Waals surface area (Å²) >= 11 is 0. The van der Waals surface area contributed by atoms with Crippen LogP contribution in [0, 0.1) is 0 Å². The van der Waals surface area contributed by atoms with Gasteiger partial charge in [0.1, 0.15) is 12.3 Å². The number of furan rings is 1. The first-order chi connectivity index (χ1) is 17.6. The maximum atomic E-state index is 13.5. The van der Waals surface area contributed by atoms with Gasteiger partial charge in [0.05, 0.1) is 29.1 Å². The average molecular weight is 479 g/mol. The fraction of sp³-hybridized carbons (Fsp3) is 0.148. The van der Waals surface area contributed by atoms with Crippen molar-refractivity contribution in [3.05, 3.63) is 90.3 Å². The highest BCUT2D eigenvalue weighted by Gasteiger charge is 2.23. The van der Waals surface area contributed by atoms with Gasteiger partial charge in [-0.25, -0.2) is 9.67 Å². The first-order valence-corrected chi connectivity index (χ1v) is 11.6. The van der Waals surface area contributed by atoms with E-state index in [-0.39, 0.29) is 11.8 Å². The molecular weight excluding hydrogens is 456 g/mol. The van der Waals surface area contributed by atoms with E-state index < -0.39 is 0 Å². The third-order valence-corrected chi connectivity index (χ3v) is 6.31. The molecule has 5 heterocycles. The smallest absolute Gasteiger partial charge is 0.256 e. The number of aromatic nitrogens is 4. The minimum absolute atomic E-state index is 0.0132. The fourth-order valence-corrected chi connectivity index (χ4v) is 4.57. The molecule has 0 saturated heterocycles. The molecule has 6 rings (SSSR count). The Balaban J connectivity index is 1.38. The lowest BCUT2D eigenvalue weighted by atomic mass is 10.1. The molecule has 178 valence electrons. The number of anilines is 2. The van der Waals surface area contributed by atoms with Gasteiger partial charge in [-0.15, -0.1) is 0 Å². The fourth-order valence-electron chi connectivity index (χ4n) is 4.57. The van der Waals surface area contributed by atoms with Gasteiger partial charge in [0.15, 0.2) is 5.65 Å². The second-order valence-corrected chi connectivity index (χ2v) is 8.63. The van der Waals surface area contributed by atoms with E-state index >= 15 is 0 Å². The summed E-state index contributed by atoms with van der Waals surface area (Å²) in [4.78, 5) is 36.2. The monoisotopic (exact) mass is 478 g/mol. The van der Waals surface area contributed by atoms with Crippen LogP contribution < -0.4 is 10.2 Å². The predicted molar refractivity (Wildman–Crippen MR) is 135 cm³/mol. The summed E-state index contributed by atoms with van der Waals surface area (Å²) in [6.45, 7) is 2.60. The van der Waals surface area contributed by atoms with Crippen molar-refractivity contribution in [3.8, 4) is 11.3 Å². The van der Waals surface area contributed by atoms with E-state index in [1.165, 1.54) is 0 Å². The number of nitrogens with one attached hydrogen (secondary N) is 1. The number of nitrogens with zero attached hydrogens (tertiary/aromatic N) is 5. The third kappa shape index (κ3) is 3.90. The van der Waals surface area contributed by atoms with Crippen molar-refractivity contribution >= 4 is 34.2 Å². The van der Waals surface area contributed by atoms with Crippen LogP contribution in [0.2, 0.25) is 0 Å². The summed E-state index contributed by atoms with van der Waals surface area (Å²) < 4.78 is 7.20. The van der Waals surface area contributed by atoms with E-state index in [9.17, 15) is 9.59 Å². The van der Waals surface area contributed by atoms with Gasteiger partial charge in [-0.3, -0.25) is 14.6 Å². The Labute approximate surface area is 206 Å². The predicted octanol–water partition coefficient (Wildman–Crippen LogP) is 4.30. The normalized spacial score (nSPS) is 12.6. The molecule has 1 N–H and O–H groups in total. The van der Waals surface area contributed by atoms with Crippen LogP contribution in [0.25, 0.3) is 22.3 Å². The number of hydrogen-bond acceptors (Lipinski definition) is 6. The van der Waals surface area contributed by atoms with Crippen LogP contribution >= 0.6 is 0 Å². The second-order valence-electron chi connectivity index (χ2n) is 8.63. The molecule has 5 aromatic rings. The van der Waals surface area contributed by atoms with Crippen molar-refractivity contribution in [2.45, 2.75) is 19.9 Å². The van der Waals surface area contributed by atoms with Crippen LogP contribution in [0.3, 0.4) is 0 Å². The Morgan fingerprint density at radius 1 is 1.11 bits per heavy atom. The molecule has 0 aliphatic carbocycles. The first kappa shape index (κ1) is 21.7. The maximum absolute atomic E-state index is 13.5. The highest BCUT2D eigenvalue weighted by molar-refractivity contribution is 6.12. The lowest BCUT2D eigenvalue weighted by Gasteiger charge is -2.15. The van der Waals surface area contributed by atoms with Gasteiger partial charge in [-0.2, -0.15) is 5.10 Å². The first-order valence-electron chi connectivity index (χ1n) is 11.6. The van der Waals surface area contributed by atoms with Gasteiger partial charge in [-0.1, -0.05) is 0 Å².